The van der Waals surface area contributed by atoms with Gasteiger partial charge in [0, 0.05) is 13.1 Å². The molecule has 3 rings (SSSR count). The summed E-state index contributed by atoms with van der Waals surface area (Å²) < 4.78 is 10.6. The molecule has 0 bridgehead atoms. The van der Waals surface area contributed by atoms with E-state index >= 15 is 0 Å². The molecular formula is C15H23BN8S2-. The van der Waals surface area contributed by atoms with E-state index in [2.05, 4.69) is 29.1 Å². The largest absolute Gasteiger partial charge is 0.422 e. The van der Waals surface area contributed by atoms with Gasteiger partial charge >= 0.3 is 0 Å². The third-order valence-electron chi connectivity index (χ3n) is 4.47. The molecule has 0 unspecified atom stereocenters. The van der Waals surface area contributed by atoms with E-state index in [1.165, 1.54) is 0 Å². The van der Waals surface area contributed by atoms with Crippen LogP contribution in [0.4, 0.5) is 0 Å². The second kappa shape index (κ2) is 6.95. The Morgan fingerprint density at radius 1 is 0.808 bits per heavy atom. The van der Waals surface area contributed by atoms with Gasteiger partial charge in [-0.3, -0.25) is 0 Å². The van der Waals surface area contributed by atoms with Gasteiger partial charge in [-0.2, -0.15) is 10.2 Å². The molecule has 0 aliphatic carbocycles. The summed E-state index contributed by atoms with van der Waals surface area (Å²) in [5.74, 6) is 1.70. The van der Waals surface area contributed by atoms with E-state index in [1.807, 2.05) is 47.5 Å². The van der Waals surface area contributed by atoms with Crippen molar-refractivity contribution in [2.75, 3.05) is 0 Å². The Morgan fingerprint density at radius 2 is 1.27 bits per heavy atom. The van der Waals surface area contributed by atoms with Gasteiger partial charge in [0.05, 0.1) is 5.69 Å². The van der Waals surface area contributed by atoms with Gasteiger partial charge in [-0.25, -0.2) is 5.10 Å². The van der Waals surface area contributed by atoms with Crippen molar-refractivity contribution in [2.24, 2.45) is 0 Å². The highest BCUT2D eigenvalue weighted by atomic mass is 32.1. The third-order valence-corrected chi connectivity index (χ3v) is 5.29. The Kier molecular flexibility index (Phi) is 5.02. The Morgan fingerprint density at radius 3 is 1.58 bits per heavy atom. The van der Waals surface area contributed by atoms with Crippen molar-refractivity contribution in [1.29, 1.82) is 0 Å². The summed E-state index contributed by atoms with van der Waals surface area (Å²) >= 11 is 11.4. The first-order chi connectivity index (χ1) is 12.3. The zero-order valence-electron chi connectivity index (χ0n) is 16.0. The maximum absolute atomic E-state index is 5.69. The van der Waals surface area contributed by atoms with Crippen LogP contribution in [0.3, 0.4) is 0 Å². The SMILES string of the molecule is CCn1c(C)nn([B-](n2nc(C)cc2C)n2nc(C)n(CC)c2=S)c1=S. The van der Waals surface area contributed by atoms with Gasteiger partial charge in [0.25, 0.3) is 7.12 Å². The maximum atomic E-state index is 5.69. The lowest BCUT2D eigenvalue weighted by molar-refractivity contribution is 0.704. The van der Waals surface area contributed by atoms with Crippen LogP contribution in [0.25, 0.3) is 0 Å². The Hall–Kier alpha value is -2.01. The molecule has 3 aromatic heterocycles. The van der Waals surface area contributed by atoms with Crippen LogP contribution < -0.4 is 0 Å². The van der Waals surface area contributed by atoms with Crippen LogP contribution in [0, 0.1) is 37.2 Å². The molecule has 0 saturated heterocycles. The Bertz CT molecular complexity index is 1000. The minimum absolute atomic E-state index is 0.485. The van der Waals surface area contributed by atoms with Gasteiger partial charge in [-0.05, 0) is 77.7 Å². The molecule has 26 heavy (non-hydrogen) atoms. The van der Waals surface area contributed by atoms with Gasteiger partial charge in [0.1, 0.15) is 11.6 Å². The average Bonchev–Trinajstić information content (AvgIpc) is 3.15. The first-order valence-corrected chi connectivity index (χ1v) is 9.46. The normalized spacial score (nSPS) is 11.7. The van der Waals surface area contributed by atoms with Crippen molar-refractivity contribution in [3.8, 4) is 0 Å². The maximum Gasteiger partial charge on any atom is 0.268 e. The lowest BCUT2D eigenvalue weighted by Gasteiger charge is -2.30. The van der Waals surface area contributed by atoms with Gasteiger partial charge < -0.3 is 22.9 Å². The number of hydrogen-bond acceptors (Lipinski definition) is 5. The van der Waals surface area contributed by atoms with Crippen LogP contribution in [-0.4, -0.2) is 45.3 Å². The second-order valence-corrected chi connectivity index (χ2v) is 6.99. The first kappa shape index (κ1) is 18.8. The smallest absolute Gasteiger partial charge is 0.268 e. The van der Waals surface area contributed by atoms with Crippen molar-refractivity contribution in [2.45, 2.75) is 54.6 Å². The molecule has 1 radical (unpaired) electrons. The minimum Gasteiger partial charge on any atom is -0.422 e. The van der Waals surface area contributed by atoms with Crippen LogP contribution in [-0.2, 0) is 13.1 Å². The molecular weight excluding hydrogens is 367 g/mol. The Balaban J connectivity index is 2.34. The zero-order valence-corrected chi connectivity index (χ0v) is 17.6. The average molecular weight is 390 g/mol. The van der Waals surface area contributed by atoms with Crippen LogP contribution in [0.2, 0.25) is 0 Å². The molecule has 0 aliphatic heterocycles. The van der Waals surface area contributed by atoms with Crippen molar-refractivity contribution in [1.82, 2.24) is 38.2 Å². The number of rotatable bonds is 5. The number of aryl methyl sites for hydroxylation is 4. The fourth-order valence-corrected chi connectivity index (χ4v) is 4.04. The summed E-state index contributed by atoms with van der Waals surface area (Å²) in [5.41, 5.74) is 1.91. The molecule has 11 heteroatoms. The highest BCUT2D eigenvalue weighted by Crippen LogP contribution is 2.11. The number of nitrogens with zero attached hydrogens (tertiary/aromatic N) is 8. The molecule has 0 spiro atoms. The molecule has 0 fully saturated rings. The minimum atomic E-state index is -0.485. The predicted octanol–water partition coefficient (Wildman–Crippen LogP) is 2.54. The summed E-state index contributed by atoms with van der Waals surface area (Å²) in [4.78, 5) is 0. The molecule has 8 nitrogen and oxygen atoms in total. The molecule has 0 N–H and O–H groups in total. The van der Waals surface area contributed by atoms with Crippen molar-refractivity contribution in [3.05, 3.63) is 38.6 Å². The topological polar surface area (TPSA) is 63.3 Å². The van der Waals surface area contributed by atoms with E-state index in [0.717, 1.165) is 36.1 Å². The fraction of sp³-hybridized carbons (Fsp3) is 0.533. The molecule has 0 saturated carbocycles. The first-order valence-electron chi connectivity index (χ1n) is 8.64. The molecule has 0 aromatic carbocycles. The highest BCUT2D eigenvalue weighted by Gasteiger charge is 2.19. The quantitative estimate of drug-likeness (QED) is 0.495. The summed E-state index contributed by atoms with van der Waals surface area (Å²) in [6.45, 7) is 13.5. The highest BCUT2D eigenvalue weighted by molar-refractivity contribution is 7.71. The van der Waals surface area contributed by atoms with Crippen LogP contribution in [0.15, 0.2) is 6.07 Å². The molecule has 0 atom stereocenters. The standard InChI is InChI=1S/C15H23BN8S2/c1-7-20-12(5)18-23(14(20)25)16(22-11(4)9-10(3)17-22)24-15(26)21(8-2)13(6)19-24/h9H,7-8H2,1-6H3/q-1. The lowest BCUT2D eigenvalue weighted by Crippen LogP contribution is -2.45. The van der Waals surface area contributed by atoms with E-state index in [-0.39, 0.29) is 0 Å². The molecule has 3 heterocycles. The van der Waals surface area contributed by atoms with E-state index in [0.29, 0.717) is 9.54 Å². The van der Waals surface area contributed by atoms with Crippen molar-refractivity contribution >= 4 is 31.6 Å². The van der Waals surface area contributed by atoms with Gasteiger partial charge in [-0.15, -0.1) is 0 Å². The fourth-order valence-electron chi connectivity index (χ4n) is 3.25. The molecule has 139 valence electrons. The van der Waals surface area contributed by atoms with Crippen molar-refractivity contribution < 1.29 is 0 Å². The summed E-state index contributed by atoms with van der Waals surface area (Å²) in [7, 11) is -0.485. The molecule has 0 aliphatic rings. The second-order valence-electron chi connectivity index (χ2n) is 6.26. The number of hydrogen-bond donors (Lipinski definition) is 0. The predicted molar refractivity (Wildman–Crippen MR) is 107 cm³/mol. The van der Waals surface area contributed by atoms with Crippen LogP contribution in [0.1, 0.15) is 36.9 Å². The van der Waals surface area contributed by atoms with E-state index < -0.39 is 7.12 Å². The number of aromatic nitrogens is 8. The molecule has 0 amide bonds. The van der Waals surface area contributed by atoms with Crippen LogP contribution in [0.5, 0.6) is 0 Å². The van der Waals surface area contributed by atoms with E-state index in [4.69, 9.17) is 24.4 Å². The van der Waals surface area contributed by atoms with Gasteiger partial charge in [0.15, 0.2) is 9.54 Å². The van der Waals surface area contributed by atoms with Crippen molar-refractivity contribution in [3.63, 3.8) is 0 Å². The summed E-state index contributed by atoms with van der Waals surface area (Å²) in [6.07, 6.45) is 0. The van der Waals surface area contributed by atoms with E-state index in [9.17, 15) is 0 Å². The summed E-state index contributed by atoms with van der Waals surface area (Å²) in [5, 5.41) is 14.0. The van der Waals surface area contributed by atoms with Crippen LogP contribution >= 0.6 is 24.4 Å². The van der Waals surface area contributed by atoms with E-state index in [1.54, 1.807) is 9.19 Å². The Labute approximate surface area is 163 Å². The summed E-state index contributed by atoms with van der Waals surface area (Å²) in [6, 6.07) is 2.02. The lowest BCUT2D eigenvalue weighted by atomic mass is 9.95. The zero-order chi connectivity index (χ0) is 19.2. The third kappa shape index (κ3) is 2.88. The molecule has 3 aromatic rings. The van der Waals surface area contributed by atoms with Gasteiger partial charge in [0.2, 0.25) is 0 Å². The monoisotopic (exact) mass is 390 g/mol. The van der Waals surface area contributed by atoms with Gasteiger partial charge in [-0.1, -0.05) is 0 Å².